The van der Waals surface area contributed by atoms with Crippen molar-refractivity contribution in [3.63, 3.8) is 0 Å². The summed E-state index contributed by atoms with van der Waals surface area (Å²) in [6.45, 7) is 5.00. The molecule has 0 amide bonds. The maximum atomic E-state index is 5.88. The lowest BCUT2D eigenvalue weighted by Crippen LogP contribution is -2.04. The van der Waals surface area contributed by atoms with E-state index in [2.05, 4.69) is 40.3 Å². The molecule has 0 atom stereocenters. The van der Waals surface area contributed by atoms with Crippen molar-refractivity contribution < 1.29 is 4.74 Å². The number of thiophene rings is 1. The van der Waals surface area contributed by atoms with Gasteiger partial charge in [-0.3, -0.25) is 4.68 Å². The third kappa shape index (κ3) is 2.97. The van der Waals surface area contributed by atoms with Crippen molar-refractivity contribution in [2.45, 2.75) is 20.3 Å². The summed E-state index contributed by atoms with van der Waals surface area (Å²) in [5.74, 6) is 1.84. The number of fused-ring (bicyclic) bond motifs is 1. The van der Waals surface area contributed by atoms with Crippen molar-refractivity contribution >= 4 is 27.5 Å². The highest BCUT2D eigenvalue weighted by molar-refractivity contribution is 7.18. The first kappa shape index (κ1) is 13.8. The standard InChI is InChI=1S/C14H17N5OS/c1-4-5-15-14-17-12(20-10-7-16-19(3)8-10)11-6-9(2)21-13(11)18-14/h6-8H,4-5H2,1-3H3,(H,15,17,18). The third-order valence-electron chi connectivity index (χ3n) is 2.91. The summed E-state index contributed by atoms with van der Waals surface area (Å²) in [6, 6.07) is 2.05. The minimum Gasteiger partial charge on any atom is -0.435 e. The Hall–Kier alpha value is -2.15. The summed E-state index contributed by atoms with van der Waals surface area (Å²) < 4.78 is 7.58. The molecular formula is C14H17N5OS. The molecule has 0 spiro atoms. The lowest BCUT2D eigenvalue weighted by atomic mass is 10.3. The van der Waals surface area contributed by atoms with Crippen LogP contribution in [0.4, 0.5) is 5.95 Å². The Kier molecular flexibility index (Phi) is 3.74. The van der Waals surface area contributed by atoms with Gasteiger partial charge in [-0.1, -0.05) is 6.92 Å². The van der Waals surface area contributed by atoms with E-state index in [1.807, 2.05) is 13.2 Å². The van der Waals surface area contributed by atoms with Crippen molar-refractivity contribution in [3.05, 3.63) is 23.3 Å². The quantitative estimate of drug-likeness (QED) is 0.783. The Morgan fingerprint density at radius 3 is 2.95 bits per heavy atom. The monoisotopic (exact) mass is 303 g/mol. The van der Waals surface area contributed by atoms with Crippen LogP contribution in [0.1, 0.15) is 18.2 Å². The van der Waals surface area contributed by atoms with Gasteiger partial charge in [-0.2, -0.15) is 10.1 Å². The number of rotatable bonds is 5. The zero-order valence-electron chi connectivity index (χ0n) is 12.3. The van der Waals surface area contributed by atoms with Gasteiger partial charge < -0.3 is 10.1 Å². The Labute approximate surface area is 126 Å². The molecule has 3 aromatic rings. The number of ether oxygens (including phenoxy) is 1. The average Bonchev–Trinajstić information content (AvgIpc) is 3.01. The Morgan fingerprint density at radius 1 is 1.38 bits per heavy atom. The van der Waals surface area contributed by atoms with Crippen LogP contribution in [0.2, 0.25) is 0 Å². The van der Waals surface area contributed by atoms with E-state index in [1.54, 1.807) is 22.2 Å². The van der Waals surface area contributed by atoms with Crippen molar-refractivity contribution in [3.8, 4) is 11.6 Å². The number of nitrogens with zero attached hydrogens (tertiary/aromatic N) is 4. The van der Waals surface area contributed by atoms with Crippen LogP contribution in [0.15, 0.2) is 18.5 Å². The number of hydrogen-bond donors (Lipinski definition) is 1. The van der Waals surface area contributed by atoms with E-state index in [0.717, 1.165) is 23.2 Å². The number of hydrogen-bond acceptors (Lipinski definition) is 6. The third-order valence-corrected chi connectivity index (χ3v) is 3.85. The lowest BCUT2D eigenvalue weighted by Gasteiger charge is -2.07. The minimum absolute atomic E-state index is 0.566. The van der Waals surface area contributed by atoms with Crippen LogP contribution in [0.3, 0.4) is 0 Å². The molecule has 1 N–H and O–H groups in total. The fourth-order valence-corrected chi connectivity index (χ4v) is 2.84. The molecule has 7 heteroatoms. The van der Waals surface area contributed by atoms with Crippen LogP contribution < -0.4 is 10.1 Å². The summed E-state index contributed by atoms with van der Waals surface area (Å²) in [5, 5.41) is 8.25. The first-order valence-electron chi connectivity index (χ1n) is 6.84. The van der Waals surface area contributed by atoms with Gasteiger partial charge in [0.15, 0.2) is 5.75 Å². The van der Waals surface area contributed by atoms with Gasteiger partial charge in [-0.15, -0.1) is 11.3 Å². The molecule has 0 aliphatic rings. The first-order valence-corrected chi connectivity index (χ1v) is 7.66. The lowest BCUT2D eigenvalue weighted by molar-refractivity contribution is 0.468. The van der Waals surface area contributed by atoms with Gasteiger partial charge >= 0.3 is 0 Å². The zero-order valence-corrected chi connectivity index (χ0v) is 13.1. The fourth-order valence-electron chi connectivity index (χ4n) is 1.97. The van der Waals surface area contributed by atoms with Gasteiger partial charge in [-0.05, 0) is 19.4 Å². The molecule has 110 valence electrons. The van der Waals surface area contributed by atoms with Crippen molar-refractivity contribution in [2.75, 3.05) is 11.9 Å². The van der Waals surface area contributed by atoms with Crippen LogP contribution in [0.5, 0.6) is 11.6 Å². The number of nitrogens with one attached hydrogen (secondary N) is 1. The van der Waals surface area contributed by atoms with Crippen molar-refractivity contribution in [2.24, 2.45) is 7.05 Å². The highest BCUT2D eigenvalue weighted by Crippen LogP contribution is 2.33. The molecule has 0 aliphatic carbocycles. The summed E-state index contributed by atoms with van der Waals surface area (Å²) >= 11 is 1.64. The second-order valence-electron chi connectivity index (χ2n) is 4.81. The Balaban J connectivity index is 2.01. The normalized spacial score (nSPS) is 11.0. The highest BCUT2D eigenvalue weighted by Gasteiger charge is 2.13. The number of anilines is 1. The second-order valence-corrected chi connectivity index (χ2v) is 6.04. The van der Waals surface area contributed by atoms with E-state index in [9.17, 15) is 0 Å². The summed E-state index contributed by atoms with van der Waals surface area (Å²) in [5.41, 5.74) is 0. The molecule has 0 fully saturated rings. The summed E-state index contributed by atoms with van der Waals surface area (Å²) in [7, 11) is 1.85. The molecule has 0 saturated heterocycles. The summed E-state index contributed by atoms with van der Waals surface area (Å²) in [4.78, 5) is 11.1. The SMILES string of the molecule is CCCNc1nc(Oc2cnn(C)c2)c2cc(C)sc2n1. The highest BCUT2D eigenvalue weighted by atomic mass is 32.1. The van der Waals surface area contributed by atoms with E-state index in [1.165, 1.54) is 4.88 Å². The molecule has 0 unspecified atom stereocenters. The summed E-state index contributed by atoms with van der Waals surface area (Å²) in [6.07, 6.45) is 4.50. The minimum atomic E-state index is 0.566. The molecule has 0 aliphatic heterocycles. The molecule has 21 heavy (non-hydrogen) atoms. The van der Waals surface area contributed by atoms with Crippen LogP contribution in [0.25, 0.3) is 10.2 Å². The fraction of sp³-hybridized carbons (Fsp3) is 0.357. The van der Waals surface area contributed by atoms with E-state index < -0.39 is 0 Å². The van der Waals surface area contributed by atoms with Gasteiger partial charge in [0.2, 0.25) is 11.8 Å². The van der Waals surface area contributed by atoms with Gasteiger partial charge in [-0.25, -0.2) is 4.98 Å². The smallest absolute Gasteiger partial charge is 0.233 e. The van der Waals surface area contributed by atoms with Gasteiger partial charge in [0.25, 0.3) is 0 Å². The molecule has 0 saturated carbocycles. The average molecular weight is 303 g/mol. The van der Waals surface area contributed by atoms with Crippen LogP contribution >= 0.6 is 11.3 Å². The van der Waals surface area contributed by atoms with Gasteiger partial charge in [0.1, 0.15) is 4.83 Å². The molecular weight excluding hydrogens is 286 g/mol. The van der Waals surface area contributed by atoms with Crippen molar-refractivity contribution in [1.82, 2.24) is 19.7 Å². The predicted octanol–water partition coefficient (Wildman–Crippen LogP) is 3.35. The number of aromatic nitrogens is 4. The second kappa shape index (κ2) is 5.69. The van der Waals surface area contributed by atoms with E-state index >= 15 is 0 Å². The molecule has 0 radical (unpaired) electrons. The number of aryl methyl sites for hydroxylation is 2. The van der Waals surface area contributed by atoms with Crippen molar-refractivity contribution in [1.29, 1.82) is 0 Å². The molecule has 0 bridgehead atoms. The van der Waals surface area contributed by atoms with E-state index in [-0.39, 0.29) is 0 Å². The predicted molar refractivity (Wildman–Crippen MR) is 84.2 cm³/mol. The van der Waals surface area contributed by atoms with Crippen LogP contribution in [-0.4, -0.2) is 26.3 Å². The maximum absolute atomic E-state index is 5.88. The first-order chi connectivity index (χ1) is 10.2. The van der Waals surface area contributed by atoms with E-state index in [0.29, 0.717) is 17.6 Å². The zero-order chi connectivity index (χ0) is 14.8. The van der Waals surface area contributed by atoms with Gasteiger partial charge in [0, 0.05) is 18.5 Å². The molecule has 3 aromatic heterocycles. The van der Waals surface area contributed by atoms with E-state index in [4.69, 9.17) is 4.74 Å². The molecule has 3 rings (SSSR count). The Morgan fingerprint density at radius 2 is 2.24 bits per heavy atom. The maximum Gasteiger partial charge on any atom is 0.233 e. The van der Waals surface area contributed by atoms with Gasteiger partial charge in [0.05, 0.1) is 17.8 Å². The molecule has 3 heterocycles. The topological polar surface area (TPSA) is 64.9 Å². The van der Waals surface area contributed by atoms with Crippen LogP contribution in [-0.2, 0) is 7.05 Å². The molecule has 0 aromatic carbocycles. The Bertz CT molecular complexity index is 764. The molecule has 6 nitrogen and oxygen atoms in total. The van der Waals surface area contributed by atoms with Crippen LogP contribution in [0, 0.1) is 6.92 Å². The largest absolute Gasteiger partial charge is 0.435 e.